The first kappa shape index (κ1) is 32.8. The molecular formula is C34H54O8. The summed E-state index contributed by atoms with van der Waals surface area (Å²) in [5, 5.41) is 0. The number of carbonyl (C=O) groups excluding carboxylic acids is 2. The maximum atomic E-state index is 12.4. The van der Waals surface area contributed by atoms with E-state index in [4.69, 9.17) is 28.4 Å². The van der Waals surface area contributed by atoms with Gasteiger partial charge in [-0.25, -0.2) is 9.59 Å². The fourth-order valence-electron chi connectivity index (χ4n) is 9.04. The highest BCUT2D eigenvalue weighted by Crippen LogP contribution is 2.66. The van der Waals surface area contributed by atoms with Crippen molar-refractivity contribution in [3.8, 4) is 0 Å². The second kappa shape index (κ2) is 12.9. The number of rotatable bonds is 10. The van der Waals surface area contributed by atoms with Crippen LogP contribution in [0.5, 0.6) is 0 Å². The third-order valence-corrected chi connectivity index (χ3v) is 11.8. The Balaban J connectivity index is 1.54. The summed E-state index contributed by atoms with van der Waals surface area (Å²) in [6.07, 6.45) is 10.1. The van der Waals surface area contributed by atoms with Crippen LogP contribution in [0.25, 0.3) is 0 Å². The molecule has 4 aliphatic rings. The minimum atomic E-state index is -0.715. The molecule has 4 aliphatic carbocycles. The van der Waals surface area contributed by atoms with E-state index in [-0.39, 0.29) is 22.3 Å². The van der Waals surface area contributed by atoms with Crippen LogP contribution in [-0.4, -0.2) is 58.2 Å². The van der Waals surface area contributed by atoms with Gasteiger partial charge in [-0.15, -0.1) is 0 Å². The molecule has 0 saturated heterocycles. The van der Waals surface area contributed by atoms with E-state index in [1.54, 1.807) is 7.11 Å². The van der Waals surface area contributed by atoms with Gasteiger partial charge in [-0.3, -0.25) is 0 Å². The van der Waals surface area contributed by atoms with Crippen molar-refractivity contribution in [3.05, 3.63) is 23.3 Å². The fourth-order valence-corrected chi connectivity index (χ4v) is 9.04. The molecule has 0 aromatic rings. The predicted molar refractivity (Wildman–Crippen MR) is 160 cm³/mol. The summed E-state index contributed by atoms with van der Waals surface area (Å²) in [7, 11) is 4.31. The molecule has 8 heteroatoms. The van der Waals surface area contributed by atoms with Gasteiger partial charge in [-0.1, -0.05) is 51.0 Å². The summed E-state index contributed by atoms with van der Waals surface area (Å²) in [5.41, 5.74) is 2.35. The summed E-state index contributed by atoms with van der Waals surface area (Å²) in [5.74, 6) is 2.65. The van der Waals surface area contributed by atoms with Crippen LogP contribution in [0.3, 0.4) is 0 Å². The molecule has 0 spiro atoms. The molecule has 0 N–H and O–H groups in total. The van der Waals surface area contributed by atoms with Crippen LogP contribution < -0.4 is 0 Å². The van der Waals surface area contributed by atoms with Crippen LogP contribution in [0.2, 0.25) is 0 Å². The first-order valence-corrected chi connectivity index (χ1v) is 15.8. The third kappa shape index (κ3) is 6.26. The van der Waals surface area contributed by atoms with Crippen molar-refractivity contribution in [1.29, 1.82) is 0 Å². The second-order valence-corrected chi connectivity index (χ2v) is 14.4. The first-order valence-electron chi connectivity index (χ1n) is 15.8. The number of carbonyl (C=O) groups is 2. The Morgan fingerprint density at radius 1 is 0.976 bits per heavy atom. The number of ether oxygens (including phenoxy) is 6. The maximum absolute atomic E-state index is 12.4. The topological polar surface area (TPSA) is 89.5 Å². The highest BCUT2D eigenvalue weighted by molar-refractivity contribution is 5.61. The van der Waals surface area contributed by atoms with E-state index >= 15 is 0 Å². The van der Waals surface area contributed by atoms with Gasteiger partial charge in [0.15, 0.2) is 0 Å². The van der Waals surface area contributed by atoms with E-state index in [2.05, 4.69) is 53.7 Å². The van der Waals surface area contributed by atoms with Crippen LogP contribution in [0.4, 0.5) is 9.59 Å². The SMILES string of the molecule is COCOC(C)(C)CCC(C)[C@@H](C)[C@H]1CC[C@H]2C3=CC=C4C[C@@H](OC(=O)OC)C[C@H](OC(=O)OC)[C@]4(C)[C@H]3CC[C@]12C. The van der Waals surface area contributed by atoms with E-state index < -0.39 is 24.5 Å². The summed E-state index contributed by atoms with van der Waals surface area (Å²) in [6.45, 7) is 14.3. The zero-order valence-electron chi connectivity index (χ0n) is 27.3. The number of methoxy groups -OCH3 is 3. The van der Waals surface area contributed by atoms with Crippen molar-refractivity contribution >= 4 is 12.3 Å². The van der Waals surface area contributed by atoms with Gasteiger partial charge in [0.1, 0.15) is 19.0 Å². The van der Waals surface area contributed by atoms with Crippen LogP contribution in [0, 0.1) is 40.4 Å². The zero-order chi connectivity index (χ0) is 30.9. The molecule has 0 bridgehead atoms. The van der Waals surface area contributed by atoms with Gasteiger partial charge >= 0.3 is 12.3 Å². The minimum absolute atomic E-state index is 0.194. The average Bonchev–Trinajstić information content (AvgIpc) is 3.32. The van der Waals surface area contributed by atoms with E-state index in [0.717, 1.165) is 25.7 Å². The molecule has 0 aliphatic heterocycles. The molecule has 3 fully saturated rings. The van der Waals surface area contributed by atoms with Crippen molar-refractivity contribution in [3.63, 3.8) is 0 Å². The molecule has 3 saturated carbocycles. The zero-order valence-corrected chi connectivity index (χ0v) is 27.3. The summed E-state index contributed by atoms with van der Waals surface area (Å²) >= 11 is 0. The van der Waals surface area contributed by atoms with Crippen molar-refractivity contribution in [2.75, 3.05) is 28.1 Å². The lowest BCUT2D eigenvalue weighted by molar-refractivity contribution is -0.119. The van der Waals surface area contributed by atoms with Gasteiger partial charge in [-0.2, -0.15) is 0 Å². The second-order valence-electron chi connectivity index (χ2n) is 14.4. The molecule has 0 radical (unpaired) electrons. The van der Waals surface area contributed by atoms with Gasteiger partial charge in [0, 0.05) is 25.4 Å². The van der Waals surface area contributed by atoms with Gasteiger partial charge in [0.05, 0.1) is 19.8 Å². The molecule has 0 aromatic carbocycles. The molecule has 8 nitrogen and oxygen atoms in total. The van der Waals surface area contributed by atoms with Crippen molar-refractivity contribution < 1.29 is 38.0 Å². The van der Waals surface area contributed by atoms with E-state index in [0.29, 0.717) is 43.3 Å². The lowest BCUT2D eigenvalue weighted by Gasteiger charge is -2.57. The van der Waals surface area contributed by atoms with Crippen LogP contribution >= 0.6 is 0 Å². The molecule has 9 atom stereocenters. The van der Waals surface area contributed by atoms with Gasteiger partial charge < -0.3 is 28.4 Å². The van der Waals surface area contributed by atoms with E-state index in [1.807, 2.05) is 0 Å². The van der Waals surface area contributed by atoms with E-state index in [9.17, 15) is 9.59 Å². The number of fused-ring (bicyclic) bond motifs is 5. The fraction of sp³-hybridized carbons (Fsp3) is 0.824. The Hall–Kier alpha value is -2.06. The standard InChI is InChI=1S/C34H54O8/c1-21(14-16-32(3,4)40-20-37-7)22(2)26-12-13-27-25-11-10-23-18-24(41-30(35)38-8)19-29(42-31(36)39-9)34(23,6)28(25)15-17-33(26,27)5/h10-11,21-22,24,26-29H,12-20H2,1-9H3/t21?,22-,24-,26-,27+,28+,29+,33-,34+/m1/s1. The number of allylic oxidation sites excluding steroid dienone is 3. The van der Waals surface area contributed by atoms with E-state index in [1.165, 1.54) is 38.2 Å². The molecule has 1 unspecified atom stereocenters. The first-order chi connectivity index (χ1) is 19.8. The smallest absolute Gasteiger partial charge is 0.438 e. The lowest BCUT2D eigenvalue weighted by atomic mass is 9.49. The predicted octanol–water partition coefficient (Wildman–Crippen LogP) is 7.85. The Morgan fingerprint density at radius 3 is 2.33 bits per heavy atom. The highest BCUT2D eigenvalue weighted by Gasteiger charge is 2.60. The normalized spacial score (nSPS) is 35.4. The van der Waals surface area contributed by atoms with Crippen LogP contribution in [0.15, 0.2) is 23.3 Å². The van der Waals surface area contributed by atoms with Gasteiger partial charge in [0.25, 0.3) is 0 Å². The Kier molecular flexibility index (Phi) is 10.1. The Bertz CT molecular complexity index is 1050. The Morgan fingerprint density at radius 2 is 1.67 bits per heavy atom. The molecule has 238 valence electrons. The third-order valence-electron chi connectivity index (χ3n) is 11.8. The number of hydrogen-bond donors (Lipinski definition) is 0. The van der Waals surface area contributed by atoms with Crippen molar-refractivity contribution in [2.45, 2.75) is 111 Å². The van der Waals surface area contributed by atoms with Crippen molar-refractivity contribution in [2.24, 2.45) is 40.4 Å². The molecule has 0 amide bonds. The maximum Gasteiger partial charge on any atom is 0.508 e. The monoisotopic (exact) mass is 590 g/mol. The quantitative estimate of drug-likeness (QED) is 0.188. The molecular weight excluding hydrogens is 536 g/mol. The molecule has 0 aromatic heterocycles. The number of hydrogen-bond acceptors (Lipinski definition) is 8. The van der Waals surface area contributed by atoms with Crippen LogP contribution in [0.1, 0.15) is 92.9 Å². The van der Waals surface area contributed by atoms with Gasteiger partial charge in [-0.05, 0) is 87.4 Å². The summed E-state index contributed by atoms with van der Waals surface area (Å²) in [4.78, 5) is 24.3. The summed E-state index contributed by atoms with van der Waals surface area (Å²) in [6, 6.07) is 0. The summed E-state index contributed by atoms with van der Waals surface area (Å²) < 4.78 is 32.2. The lowest BCUT2D eigenvalue weighted by Crippen LogP contribution is -2.54. The average molecular weight is 591 g/mol. The van der Waals surface area contributed by atoms with Gasteiger partial charge in [0.2, 0.25) is 0 Å². The largest absolute Gasteiger partial charge is 0.508 e. The molecule has 0 heterocycles. The highest BCUT2D eigenvalue weighted by atomic mass is 16.7. The molecule has 42 heavy (non-hydrogen) atoms. The molecule has 4 rings (SSSR count). The van der Waals surface area contributed by atoms with Crippen molar-refractivity contribution in [1.82, 2.24) is 0 Å². The van der Waals surface area contributed by atoms with Crippen LogP contribution in [-0.2, 0) is 28.4 Å². The Labute approximate surface area is 252 Å². The minimum Gasteiger partial charge on any atom is -0.438 e.